The van der Waals surface area contributed by atoms with Crippen LogP contribution in [0.3, 0.4) is 0 Å². The molecule has 0 unspecified atom stereocenters. The average molecular weight is 552 g/mol. The Hall–Kier alpha value is -3.86. The van der Waals surface area contributed by atoms with E-state index in [1.807, 2.05) is 24.3 Å². The normalized spacial score (nSPS) is 13.6. The van der Waals surface area contributed by atoms with Crippen LogP contribution in [-0.2, 0) is 11.3 Å². The predicted molar refractivity (Wildman–Crippen MR) is 136 cm³/mol. The summed E-state index contributed by atoms with van der Waals surface area (Å²) in [4.78, 5) is 30.4. The zero-order valence-electron chi connectivity index (χ0n) is 19.5. The van der Waals surface area contributed by atoms with E-state index in [0.29, 0.717) is 49.3 Å². The number of halogens is 2. The van der Waals surface area contributed by atoms with Crippen LogP contribution in [0.4, 0.5) is 10.3 Å². The molecule has 0 N–H and O–H groups in total. The predicted octanol–water partition coefficient (Wildman–Crippen LogP) is 3.66. The zero-order chi connectivity index (χ0) is 25.1. The van der Waals surface area contributed by atoms with E-state index in [-0.39, 0.29) is 18.3 Å². The summed E-state index contributed by atoms with van der Waals surface area (Å²) in [6.45, 7) is 2.37. The molecule has 9 nitrogen and oxygen atoms in total. The maximum atomic E-state index is 13.5. The molecule has 1 saturated heterocycles. The highest BCUT2D eigenvalue weighted by Gasteiger charge is 2.24. The van der Waals surface area contributed by atoms with E-state index >= 15 is 0 Å². The molecule has 2 aromatic carbocycles. The van der Waals surface area contributed by atoms with Gasteiger partial charge in [0.2, 0.25) is 11.9 Å². The number of hydrogen-bond donors (Lipinski definition) is 0. The molecule has 1 fully saturated rings. The molecular formula is C25H23BrFN7O2. The summed E-state index contributed by atoms with van der Waals surface area (Å²) in [6, 6.07) is 13.4. The third kappa shape index (κ3) is 5.20. The van der Waals surface area contributed by atoms with Gasteiger partial charge >= 0.3 is 0 Å². The summed E-state index contributed by atoms with van der Waals surface area (Å²) in [6.07, 6.45) is 3.42. The van der Waals surface area contributed by atoms with Crippen molar-refractivity contribution >= 4 is 27.8 Å². The van der Waals surface area contributed by atoms with Crippen molar-refractivity contribution in [3.8, 4) is 28.5 Å². The third-order valence-corrected chi connectivity index (χ3v) is 6.34. The standard InChI is InChI=1S/C25H23BrFN7O2/c1-36-21-8-4-17(5-9-21)23-30-24(18-2-6-20(27)7-3-18)34(31-23)16-22(35)32-10-12-33(13-11-32)25-28-14-19(26)15-29-25/h2-9,14-15H,10-13,16H2,1H3. The number of carbonyl (C=O) groups excluding carboxylic acids is 1. The summed E-state index contributed by atoms with van der Waals surface area (Å²) in [5.74, 6) is 1.92. The summed E-state index contributed by atoms with van der Waals surface area (Å²) < 4.78 is 21.2. The molecule has 4 aromatic rings. The minimum atomic E-state index is -0.344. The summed E-state index contributed by atoms with van der Waals surface area (Å²) in [7, 11) is 1.60. The lowest BCUT2D eigenvalue weighted by Crippen LogP contribution is -2.50. The first-order valence-corrected chi connectivity index (χ1v) is 12.1. The lowest BCUT2D eigenvalue weighted by Gasteiger charge is -2.34. The fourth-order valence-corrected chi connectivity index (χ4v) is 4.18. The van der Waals surface area contributed by atoms with Crippen LogP contribution in [0.2, 0.25) is 0 Å². The fourth-order valence-electron chi connectivity index (χ4n) is 3.98. The Balaban J connectivity index is 1.35. The minimum absolute atomic E-state index is 0.0185. The third-order valence-electron chi connectivity index (χ3n) is 5.93. The molecule has 11 heteroatoms. The number of methoxy groups -OCH3 is 1. The van der Waals surface area contributed by atoms with Crippen LogP contribution in [0.25, 0.3) is 22.8 Å². The highest BCUT2D eigenvalue weighted by Crippen LogP contribution is 2.25. The van der Waals surface area contributed by atoms with Crippen LogP contribution in [0.1, 0.15) is 0 Å². The van der Waals surface area contributed by atoms with Gasteiger partial charge in [0.15, 0.2) is 11.6 Å². The van der Waals surface area contributed by atoms with Gasteiger partial charge in [-0.3, -0.25) is 4.79 Å². The summed E-state index contributed by atoms with van der Waals surface area (Å²) in [5, 5.41) is 4.63. The number of carbonyl (C=O) groups is 1. The van der Waals surface area contributed by atoms with E-state index in [0.717, 1.165) is 15.8 Å². The molecule has 0 atom stereocenters. The zero-order valence-corrected chi connectivity index (χ0v) is 21.1. The van der Waals surface area contributed by atoms with Crippen molar-refractivity contribution in [3.63, 3.8) is 0 Å². The van der Waals surface area contributed by atoms with Gasteiger partial charge in [0.25, 0.3) is 0 Å². The van der Waals surface area contributed by atoms with Crippen molar-refractivity contribution in [1.29, 1.82) is 0 Å². The quantitative estimate of drug-likeness (QED) is 0.361. The van der Waals surface area contributed by atoms with Gasteiger partial charge in [-0.25, -0.2) is 24.0 Å². The molecule has 0 bridgehead atoms. The Morgan fingerprint density at radius 3 is 2.25 bits per heavy atom. The van der Waals surface area contributed by atoms with E-state index in [4.69, 9.17) is 4.74 Å². The number of rotatable bonds is 6. The molecule has 1 amide bonds. The highest BCUT2D eigenvalue weighted by atomic mass is 79.9. The lowest BCUT2D eigenvalue weighted by molar-refractivity contribution is -0.132. The monoisotopic (exact) mass is 551 g/mol. The van der Waals surface area contributed by atoms with Crippen LogP contribution < -0.4 is 9.64 Å². The molecular weight excluding hydrogens is 529 g/mol. The Labute approximate surface area is 215 Å². The van der Waals surface area contributed by atoms with Crippen molar-refractivity contribution in [3.05, 3.63) is 71.2 Å². The van der Waals surface area contributed by atoms with E-state index < -0.39 is 0 Å². The maximum Gasteiger partial charge on any atom is 0.244 e. The van der Waals surface area contributed by atoms with Gasteiger partial charge in [0.1, 0.15) is 18.1 Å². The van der Waals surface area contributed by atoms with Crippen molar-refractivity contribution in [1.82, 2.24) is 29.6 Å². The smallest absolute Gasteiger partial charge is 0.244 e. The van der Waals surface area contributed by atoms with Crippen molar-refractivity contribution in [2.24, 2.45) is 0 Å². The first-order chi connectivity index (χ1) is 17.5. The molecule has 2 aromatic heterocycles. The number of benzene rings is 2. The molecule has 0 radical (unpaired) electrons. The highest BCUT2D eigenvalue weighted by molar-refractivity contribution is 9.10. The molecule has 3 heterocycles. The number of amides is 1. The lowest BCUT2D eigenvalue weighted by atomic mass is 10.2. The van der Waals surface area contributed by atoms with Gasteiger partial charge in [-0.2, -0.15) is 0 Å². The number of hydrogen-bond acceptors (Lipinski definition) is 7. The number of anilines is 1. The Morgan fingerprint density at radius 1 is 0.972 bits per heavy atom. The van der Waals surface area contributed by atoms with E-state index in [9.17, 15) is 9.18 Å². The molecule has 0 saturated carbocycles. The maximum absolute atomic E-state index is 13.5. The first kappa shape index (κ1) is 23.9. The van der Waals surface area contributed by atoms with E-state index in [1.54, 1.807) is 41.2 Å². The van der Waals surface area contributed by atoms with Crippen LogP contribution in [0, 0.1) is 5.82 Å². The number of nitrogens with zero attached hydrogens (tertiary/aromatic N) is 7. The Kier molecular flexibility index (Phi) is 6.90. The molecule has 5 rings (SSSR count). The van der Waals surface area contributed by atoms with E-state index in [2.05, 4.69) is 40.9 Å². The SMILES string of the molecule is COc1ccc(-c2nc(-c3ccc(F)cc3)n(CC(=O)N3CCN(c4ncc(Br)cn4)CC3)n2)cc1. The van der Waals surface area contributed by atoms with Crippen LogP contribution in [-0.4, -0.2) is 68.8 Å². The molecule has 1 aliphatic heterocycles. The first-order valence-electron chi connectivity index (χ1n) is 11.4. The van der Waals surface area contributed by atoms with Crippen molar-refractivity contribution in [2.75, 3.05) is 38.2 Å². The second-order valence-electron chi connectivity index (χ2n) is 8.22. The average Bonchev–Trinajstić information content (AvgIpc) is 3.33. The Bertz CT molecular complexity index is 1340. The van der Waals surface area contributed by atoms with Crippen LogP contribution in [0.5, 0.6) is 5.75 Å². The number of ether oxygens (including phenoxy) is 1. The largest absolute Gasteiger partial charge is 0.497 e. The van der Waals surface area contributed by atoms with Gasteiger partial charge in [0.05, 0.1) is 11.6 Å². The van der Waals surface area contributed by atoms with Crippen molar-refractivity contribution < 1.29 is 13.9 Å². The minimum Gasteiger partial charge on any atom is -0.497 e. The fraction of sp³-hybridized carbons (Fsp3) is 0.240. The van der Waals surface area contributed by atoms with Crippen LogP contribution >= 0.6 is 15.9 Å². The second-order valence-corrected chi connectivity index (χ2v) is 9.14. The topological polar surface area (TPSA) is 89.3 Å². The second kappa shape index (κ2) is 10.4. The van der Waals surface area contributed by atoms with Gasteiger partial charge in [-0.05, 0) is 64.5 Å². The molecule has 184 valence electrons. The van der Waals surface area contributed by atoms with Gasteiger partial charge in [-0.1, -0.05) is 0 Å². The van der Waals surface area contributed by atoms with Crippen LogP contribution in [0.15, 0.2) is 65.4 Å². The van der Waals surface area contributed by atoms with Gasteiger partial charge in [0, 0.05) is 49.7 Å². The van der Waals surface area contributed by atoms with E-state index in [1.165, 1.54) is 12.1 Å². The molecule has 36 heavy (non-hydrogen) atoms. The molecule has 0 aliphatic carbocycles. The summed E-state index contributed by atoms with van der Waals surface area (Å²) in [5.41, 5.74) is 1.46. The molecule has 0 spiro atoms. The number of piperazine rings is 1. The summed E-state index contributed by atoms with van der Waals surface area (Å²) >= 11 is 3.34. The van der Waals surface area contributed by atoms with Crippen molar-refractivity contribution in [2.45, 2.75) is 6.54 Å². The van der Waals surface area contributed by atoms with Gasteiger partial charge < -0.3 is 14.5 Å². The van der Waals surface area contributed by atoms with Gasteiger partial charge in [-0.15, -0.1) is 5.10 Å². The Morgan fingerprint density at radius 2 is 1.61 bits per heavy atom. The number of aromatic nitrogens is 5. The molecule has 1 aliphatic rings.